The highest BCUT2D eigenvalue weighted by Gasteiger charge is 0.236. The van der Waals surface area contributed by atoms with Gasteiger partial charge in [0.25, 0.3) is 0 Å². The predicted molar refractivity (Wildman–Crippen MR) is 5.58 cm³/mol. The molecule has 0 aliphatic rings. The minimum atomic E-state index is 0. The van der Waals surface area contributed by atoms with Crippen LogP contribution in [0.5, 0.6) is 0 Å². The van der Waals surface area contributed by atoms with Gasteiger partial charge in [-0.2, -0.15) is 0 Å². The van der Waals surface area contributed by atoms with Crippen LogP contribution in [0.1, 0.15) is 0 Å². The fourth-order valence-corrected chi connectivity index (χ4v) is 0. The zero-order valence-corrected chi connectivity index (χ0v) is 11.1. The van der Waals surface area contributed by atoms with E-state index < -0.39 is 0 Å². The van der Waals surface area contributed by atoms with E-state index in [1.165, 1.54) is 0 Å². The summed E-state index contributed by atoms with van der Waals surface area (Å²) in [5, 5.41) is 0. The summed E-state index contributed by atoms with van der Waals surface area (Å²) in [6.07, 6.45) is 0. The summed E-state index contributed by atoms with van der Waals surface area (Å²) in [5.41, 5.74) is 0. The molecule has 0 saturated carbocycles. The molecule has 4 heteroatoms. The number of rotatable bonds is 0. The van der Waals surface area contributed by atoms with E-state index in [4.69, 9.17) is 0 Å². The SMILES string of the molecule is [I-].[I-].[IH2+].[IH2+]. The molecule has 0 nitrogen and oxygen atoms in total. The zero-order chi connectivity index (χ0) is 0. The number of hydrogen-bond acceptors (Lipinski definition) is 0. The van der Waals surface area contributed by atoms with Crippen LogP contribution in [0.25, 0.3) is 0 Å². The van der Waals surface area contributed by atoms with Crippen LogP contribution in [0.4, 0.5) is 0 Å². The highest BCUT2D eigenvalue weighted by Crippen LogP contribution is -2.99. The Hall–Kier alpha value is 2.92. The summed E-state index contributed by atoms with van der Waals surface area (Å²) in [7, 11) is 0. The van der Waals surface area contributed by atoms with Gasteiger partial charge in [-0.15, -0.1) is 0 Å². The number of hydrogen-bond donors (Lipinski definition) is 0. The van der Waals surface area contributed by atoms with Crippen LogP contribution in [0.2, 0.25) is 0 Å². The third kappa shape index (κ3) is 8.87. The lowest BCUT2D eigenvalue weighted by atomic mass is 127. The smallest absolute Gasteiger partial charge is 0.235 e. The highest BCUT2D eigenvalue weighted by atomic mass is 127. The van der Waals surface area contributed by atoms with Gasteiger partial charge < -0.3 is 48.0 Å². The maximum atomic E-state index is 0. The maximum Gasteiger partial charge on any atom is 0.235 e. The van der Waals surface area contributed by atoms with Gasteiger partial charge >= 0.3 is 0 Å². The van der Waals surface area contributed by atoms with Crippen LogP contribution in [0.3, 0.4) is 0 Å². The number of halogens is 4. The van der Waals surface area contributed by atoms with E-state index in [0.29, 0.717) is 0 Å². The molecule has 0 radical (unpaired) electrons. The van der Waals surface area contributed by atoms with Crippen molar-refractivity contribution in [3.63, 3.8) is 0 Å². The fraction of sp³-hybridized carbons (Fsp3) is 0. The first-order valence-electron chi connectivity index (χ1n) is 0. The Labute approximate surface area is 93.9 Å². The van der Waals surface area contributed by atoms with Crippen LogP contribution in [0.15, 0.2) is 0 Å². The summed E-state index contributed by atoms with van der Waals surface area (Å²) >= 11 is 0. The topological polar surface area (TPSA) is 0 Å². The van der Waals surface area contributed by atoms with E-state index >= 15 is 0 Å². The lowest BCUT2D eigenvalue weighted by molar-refractivity contribution is -0.00100. The van der Waals surface area contributed by atoms with Crippen LogP contribution in [-0.2, 0) is 0 Å². The molecule has 0 saturated heterocycles. The summed E-state index contributed by atoms with van der Waals surface area (Å²) in [6.45, 7) is 0. The van der Waals surface area contributed by atoms with Gasteiger partial charge in [-0.3, -0.25) is 0 Å². The standard InChI is InChI=1S/2H2I.2HI/h2*1H2;2*1H/q2*+1;;/p-2. The molecule has 4 heavy (non-hydrogen) atoms. The van der Waals surface area contributed by atoms with Crippen LogP contribution in [0, 0.1) is 0 Å². The second kappa shape index (κ2) is 16.8. The van der Waals surface area contributed by atoms with E-state index in [2.05, 4.69) is 0 Å². The highest BCUT2D eigenvalue weighted by molar-refractivity contribution is 0.00300. The summed E-state index contributed by atoms with van der Waals surface area (Å²) < 4.78 is 0. The molecule has 0 N–H and O–H groups in total. The van der Waals surface area contributed by atoms with Gasteiger partial charge in [0.2, 0.25) is 48.0 Å². The molecule has 0 fully saturated rings. The molecule has 0 bridgehead atoms. The van der Waals surface area contributed by atoms with Gasteiger partial charge in [0.05, 0.1) is 0 Å². The first-order chi connectivity index (χ1) is 0. The molecule has 0 rings (SSSR count). The van der Waals surface area contributed by atoms with E-state index in [1.54, 1.807) is 0 Å². The minimum absolute atomic E-state index is 0. The van der Waals surface area contributed by atoms with E-state index in [0.717, 1.165) is 0 Å². The summed E-state index contributed by atoms with van der Waals surface area (Å²) in [6, 6.07) is 0. The molecule has 0 heterocycles. The monoisotopic (exact) mass is 512 g/mol. The molecule has 0 aliphatic carbocycles. The van der Waals surface area contributed by atoms with E-state index in [1.807, 2.05) is 0 Å². The zero-order valence-electron chi connectivity index (χ0n) is 1.65. The van der Waals surface area contributed by atoms with Crippen LogP contribution in [-0.4, -0.2) is 0 Å². The average Bonchev–Trinajstić information content (AvgIpc) is 0. The third-order valence-electron chi connectivity index (χ3n) is 0. The molecule has 32 valence electrons. The minimum Gasteiger partial charge on any atom is -1.00 e. The molecule has 0 unspecified atom stereocenters. The maximum absolute atomic E-state index is 0. The van der Waals surface area contributed by atoms with Crippen molar-refractivity contribution < 1.29 is 95.9 Å². The molecule has 0 aromatic rings. The Morgan fingerprint density at radius 2 is 0.500 bits per heavy atom. The molecule has 0 atom stereocenters. The van der Waals surface area contributed by atoms with Gasteiger partial charge in [-0.1, -0.05) is 0 Å². The largest absolute Gasteiger partial charge is 1.00 e. The molecular formula is H4I4. The van der Waals surface area contributed by atoms with Crippen molar-refractivity contribution in [1.29, 1.82) is 0 Å². The van der Waals surface area contributed by atoms with Crippen LogP contribution < -0.4 is 95.9 Å². The molecular weight excluding hydrogens is 508 g/mol. The Kier molecular flexibility index (Phi) is 120. The van der Waals surface area contributed by atoms with Gasteiger partial charge in [0.1, 0.15) is 0 Å². The van der Waals surface area contributed by atoms with E-state index in [-0.39, 0.29) is 95.9 Å². The van der Waals surface area contributed by atoms with Gasteiger partial charge in [-0.25, -0.2) is 0 Å². The van der Waals surface area contributed by atoms with Crippen molar-refractivity contribution in [1.82, 2.24) is 0 Å². The van der Waals surface area contributed by atoms with Crippen molar-refractivity contribution in [2.24, 2.45) is 0 Å². The normalized spacial score (nSPS) is 0. The Balaban J connectivity index is 0. The van der Waals surface area contributed by atoms with Gasteiger partial charge in [-0.05, 0) is 0 Å². The Morgan fingerprint density at radius 3 is 0.500 bits per heavy atom. The van der Waals surface area contributed by atoms with Crippen molar-refractivity contribution in [3.05, 3.63) is 0 Å². The first kappa shape index (κ1) is 28.4. The second-order valence-corrected chi connectivity index (χ2v) is 0. The van der Waals surface area contributed by atoms with Crippen molar-refractivity contribution in [2.75, 3.05) is 0 Å². The molecule has 0 aromatic carbocycles. The Bertz CT molecular complexity index is 0. The van der Waals surface area contributed by atoms with Crippen LogP contribution >= 0.6 is 0 Å². The Morgan fingerprint density at radius 1 is 0.500 bits per heavy atom. The van der Waals surface area contributed by atoms with Gasteiger partial charge in [0.15, 0.2) is 0 Å². The quantitative estimate of drug-likeness (QED) is 0.284. The summed E-state index contributed by atoms with van der Waals surface area (Å²) in [5.74, 6) is 0. The lowest BCUT2D eigenvalue weighted by Gasteiger charge is -1.00. The van der Waals surface area contributed by atoms with Crippen molar-refractivity contribution in [2.45, 2.75) is 0 Å². The summed E-state index contributed by atoms with van der Waals surface area (Å²) in [4.78, 5) is 0. The first-order valence-corrected chi connectivity index (χ1v) is 0. The molecule has 0 aliphatic heterocycles. The predicted octanol–water partition coefficient (Wildman–Crippen LogP) is -13.1. The van der Waals surface area contributed by atoms with Crippen molar-refractivity contribution in [3.8, 4) is 0 Å². The van der Waals surface area contributed by atoms with Crippen molar-refractivity contribution >= 4 is 0 Å². The fourth-order valence-electron chi connectivity index (χ4n) is 0. The molecule has 0 amide bonds. The lowest BCUT2D eigenvalue weighted by Crippen LogP contribution is -3.00. The second-order valence-electron chi connectivity index (χ2n) is 0. The molecule has 0 aromatic heterocycles. The van der Waals surface area contributed by atoms with E-state index in [9.17, 15) is 0 Å². The average molecular weight is 512 g/mol. The molecule has 0 spiro atoms. The van der Waals surface area contributed by atoms with Gasteiger partial charge in [0, 0.05) is 0 Å². The third-order valence-corrected chi connectivity index (χ3v) is 0.